The summed E-state index contributed by atoms with van der Waals surface area (Å²) in [5.41, 5.74) is 6.00. The predicted molar refractivity (Wildman–Crippen MR) is 203 cm³/mol. The number of ether oxygens (including phenoxy) is 1. The lowest BCUT2D eigenvalue weighted by molar-refractivity contribution is -0.138. The molecule has 4 heterocycles. The van der Waals surface area contributed by atoms with Gasteiger partial charge >= 0.3 is 6.09 Å². The average Bonchev–Trinajstić information content (AvgIpc) is 4.08. The van der Waals surface area contributed by atoms with Gasteiger partial charge in [-0.1, -0.05) is 60.7 Å². The van der Waals surface area contributed by atoms with Crippen molar-refractivity contribution in [2.24, 2.45) is 5.92 Å². The van der Waals surface area contributed by atoms with Crippen LogP contribution in [0.2, 0.25) is 0 Å². The summed E-state index contributed by atoms with van der Waals surface area (Å²) in [6, 6.07) is 24.4. The van der Waals surface area contributed by atoms with Gasteiger partial charge in [-0.25, -0.2) is 14.8 Å². The highest BCUT2D eigenvalue weighted by molar-refractivity contribution is 5.89. The number of piperidine rings is 1. The van der Waals surface area contributed by atoms with Gasteiger partial charge in [-0.15, -0.1) is 0 Å². The van der Waals surface area contributed by atoms with E-state index in [9.17, 15) is 9.59 Å². The van der Waals surface area contributed by atoms with Crippen LogP contribution in [-0.2, 0) is 15.5 Å². The number of rotatable bonds is 7. The molecule has 5 atom stereocenters. The number of likely N-dealkylation sites (tertiary alicyclic amines) is 1. The van der Waals surface area contributed by atoms with E-state index >= 15 is 8.78 Å². The number of methoxy groups -OCH3 is 1. The summed E-state index contributed by atoms with van der Waals surface area (Å²) in [5.74, 6) is -1.68. The average molecular weight is 740 g/mol. The smallest absolute Gasteiger partial charge is 0.407 e. The van der Waals surface area contributed by atoms with E-state index in [1.807, 2.05) is 65.6 Å². The molecule has 2 aromatic heterocycles. The lowest BCUT2D eigenvalue weighted by Gasteiger charge is -2.36. The third-order valence-corrected chi connectivity index (χ3v) is 12.1. The first-order valence-corrected chi connectivity index (χ1v) is 18.9. The SMILES string of the molecule is COC(=O)N[C@@H](C(=O)N1C(c2nc3ccc(-c4ccc5c(c4)C(F)(F)c4cc(-c6cnc(C7CCCN7)[nH]6)ccc4-5)cc3[nH]2)C2CC[C@@H]1C2)c1ccccc1. The summed E-state index contributed by atoms with van der Waals surface area (Å²) in [7, 11) is 1.28. The zero-order chi connectivity index (χ0) is 37.4. The number of imidazole rings is 2. The van der Waals surface area contributed by atoms with Crippen LogP contribution in [-0.4, -0.2) is 56.5 Å². The number of carbonyl (C=O) groups is 2. The van der Waals surface area contributed by atoms with E-state index in [2.05, 4.69) is 25.6 Å². The summed E-state index contributed by atoms with van der Waals surface area (Å²) < 4.78 is 37.5. The molecule has 2 aliphatic carbocycles. The summed E-state index contributed by atoms with van der Waals surface area (Å²) in [4.78, 5) is 45.0. The van der Waals surface area contributed by atoms with Gasteiger partial charge in [0.1, 0.15) is 17.7 Å². The molecule has 0 spiro atoms. The van der Waals surface area contributed by atoms with E-state index in [1.54, 1.807) is 30.5 Å². The molecule has 2 bridgehead atoms. The predicted octanol–water partition coefficient (Wildman–Crippen LogP) is 8.31. The molecule has 1 saturated carbocycles. The van der Waals surface area contributed by atoms with Crippen LogP contribution >= 0.6 is 0 Å². The highest BCUT2D eigenvalue weighted by atomic mass is 19.3. The van der Waals surface area contributed by atoms with Crippen LogP contribution in [0.25, 0.3) is 44.5 Å². The first-order valence-electron chi connectivity index (χ1n) is 18.9. The second kappa shape index (κ2) is 12.9. The highest BCUT2D eigenvalue weighted by Crippen LogP contribution is 2.53. The Kier molecular flexibility index (Phi) is 7.88. The van der Waals surface area contributed by atoms with E-state index in [0.717, 1.165) is 66.8 Å². The summed E-state index contributed by atoms with van der Waals surface area (Å²) in [6.45, 7) is 0.944. The van der Waals surface area contributed by atoms with Crippen LogP contribution in [0.1, 0.15) is 78.6 Å². The Morgan fingerprint density at radius 3 is 2.40 bits per heavy atom. The van der Waals surface area contributed by atoms with E-state index in [1.165, 1.54) is 7.11 Å². The highest BCUT2D eigenvalue weighted by Gasteiger charge is 2.51. The van der Waals surface area contributed by atoms with Crippen LogP contribution in [0, 0.1) is 5.92 Å². The maximum Gasteiger partial charge on any atom is 0.407 e. The number of nitrogens with one attached hydrogen (secondary N) is 4. The largest absolute Gasteiger partial charge is 0.453 e. The first-order chi connectivity index (χ1) is 26.8. The second-order valence-corrected chi connectivity index (χ2v) is 15.2. The number of aromatic amines is 2. The Morgan fingerprint density at radius 2 is 1.64 bits per heavy atom. The maximum absolute atomic E-state index is 16.3. The minimum absolute atomic E-state index is 0.0118. The van der Waals surface area contributed by atoms with Gasteiger partial charge in [0.15, 0.2) is 0 Å². The number of hydrogen-bond acceptors (Lipinski definition) is 6. The van der Waals surface area contributed by atoms with Crippen LogP contribution in [0.4, 0.5) is 13.6 Å². The van der Waals surface area contributed by atoms with Crippen molar-refractivity contribution < 1.29 is 23.1 Å². The minimum Gasteiger partial charge on any atom is -0.453 e. The molecule has 4 aromatic carbocycles. The van der Waals surface area contributed by atoms with Crippen LogP contribution < -0.4 is 10.6 Å². The third-order valence-electron chi connectivity index (χ3n) is 12.1. The molecule has 12 heteroatoms. The molecule has 55 heavy (non-hydrogen) atoms. The molecule has 2 amide bonds. The van der Waals surface area contributed by atoms with Gasteiger partial charge in [0, 0.05) is 22.7 Å². The van der Waals surface area contributed by atoms with Crippen molar-refractivity contribution in [2.45, 2.75) is 62.2 Å². The van der Waals surface area contributed by atoms with Gasteiger partial charge in [-0.3, -0.25) is 4.79 Å². The van der Waals surface area contributed by atoms with Crippen molar-refractivity contribution in [3.05, 3.63) is 119 Å². The Morgan fingerprint density at radius 1 is 0.891 bits per heavy atom. The molecule has 10 nitrogen and oxygen atoms in total. The number of H-pyrrole nitrogens is 2. The number of alkyl halides is 2. The van der Waals surface area contributed by atoms with Gasteiger partial charge in [0.2, 0.25) is 0 Å². The standard InChI is InChI=1S/C43H39F2N7O3/c1-55-42(54)51-37(23-6-3-2-4-7-23)41(53)52-28-13-9-27(18-28)38(52)40-48-33-16-12-25(21-35(33)49-40)24-10-14-29-30-15-11-26(20-32(30)43(44,45)31(29)19-24)36-22-47-39(50-36)34-8-5-17-46-34/h2-4,6-7,10-12,14-16,19-22,27-28,34,37-38,46H,5,8-9,13,17-18H2,1H3,(H,47,50)(H,48,49)(H,51,54)/t27?,28-,34?,37-,38?/m1/s1. The number of halogens is 2. The number of aromatic nitrogens is 4. The van der Waals surface area contributed by atoms with Gasteiger partial charge in [-0.05, 0) is 96.6 Å². The van der Waals surface area contributed by atoms with Gasteiger partial charge in [0.25, 0.3) is 11.8 Å². The van der Waals surface area contributed by atoms with Gasteiger partial charge in [-0.2, -0.15) is 8.78 Å². The molecule has 3 unspecified atom stereocenters. The van der Waals surface area contributed by atoms with E-state index in [0.29, 0.717) is 33.6 Å². The molecule has 4 N–H and O–H groups in total. The van der Waals surface area contributed by atoms with Gasteiger partial charge < -0.3 is 30.2 Å². The Labute approximate surface area is 315 Å². The molecular weight excluding hydrogens is 701 g/mol. The normalized spacial score (nSPS) is 22.5. The molecule has 3 fully saturated rings. The molecule has 2 aliphatic heterocycles. The Hall–Kier alpha value is -5.88. The van der Waals surface area contributed by atoms with Crippen molar-refractivity contribution in [3.63, 3.8) is 0 Å². The molecule has 4 aliphatic rings. The van der Waals surface area contributed by atoms with Gasteiger partial charge in [0.05, 0.1) is 42.1 Å². The minimum atomic E-state index is -3.18. The zero-order valence-electron chi connectivity index (χ0n) is 30.1. The number of amides is 2. The number of alkyl carbamates (subject to hydrolysis) is 1. The van der Waals surface area contributed by atoms with Crippen LogP contribution in [0.3, 0.4) is 0 Å². The van der Waals surface area contributed by atoms with Crippen LogP contribution in [0.5, 0.6) is 0 Å². The number of carbonyl (C=O) groups excluding carboxylic acids is 2. The number of benzene rings is 4. The number of fused-ring (bicyclic) bond motifs is 6. The fraction of sp³-hybridized carbons (Fsp3) is 0.302. The van der Waals surface area contributed by atoms with Crippen molar-refractivity contribution >= 4 is 23.0 Å². The fourth-order valence-electron chi connectivity index (χ4n) is 9.41. The summed E-state index contributed by atoms with van der Waals surface area (Å²) in [6.07, 6.45) is 5.83. The molecule has 0 radical (unpaired) electrons. The lowest BCUT2D eigenvalue weighted by Crippen LogP contribution is -2.47. The maximum atomic E-state index is 16.3. The summed E-state index contributed by atoms with van der Waals surface area (Å²) in [5, 5.41) is 6.18. The molecular formula is C43H39F2N7O3. The van der Waals surface area contributed by atoms with E-state index < -0.39 is 18.1 Å². The molecule has 10 rings (SSSR count). The fourth-order valence-corrected chi connectivity index (χ4v) is 9.41. The van der Waals surface area contributed by atoms with E-state index in [4.69, 9.17) is 9.72 Å². The quantitative estimate of drug-likeness (QED) is 0.130. The van der Waals surface area contributed by atoms with Crippen molar-refractivity contribution in [3.8, 4) is 33.5 Å². The van der Waals surface area contributed by atoms with Crippen molar-refractivity contribution in [1.29, 1.82) is 0 Å². The zero-order valence-corrected chi connectivity index (χ0v) is 30.1. The van der Waals surface area contributed by atoms with Crippen molar-refractivity contribution in [2.75, 3.05) is 13.7 Å². The lowest BCUT2D eigenvalue weighted by atomic mass is 9.96. The monoisotopic (exact) mass is 739 g/mol. The number of nitrogens with zero attached hydrogens (tertiary/aromatic N) is 3. The number of hydrogen-bond donors (Lipinski definition) is 4. The summed E-state index contributed by atoms with van der Waals surface area (Å²) >= 11 is 0. The third kappa shape index (κ3) is 5.52. The van der Waals surface area contributed by atoms with Crippen LogP contribution in [0.15, 0.2) is 91.1 Å². The molecule has 2 saturated heterocycles. The first kappa shape index (κ1) is 33.7. The molecule has 6 aromatic rings. The Balaban J connectivity index is 0.940. The topological polar surface area (TPSA) is 128 Å². The van der Waals surface area contributed by atoms with E-state index in [-0.39, 0.29) is 41.1 Å². The molecule has 278 valence electrons. The second-order valence-electron chi connectivity index (χ2n) is 15.2. The Bertz CT molecular complexity index is 2470. The van der Waals surface area contributed by atoms with Crippen molar-refractivity contribution in [1.82, 2.24) is 35.5 Å².